The maximum Gasteiger partial charge on any atom is 0.333 e. The number of aromatic nitrogens is 1. The fourth-order valence-electron chi connectivity index (χ4n) is 1.97. The van der Waals surface area contributed by atoms with Gasteiger partial charge < -0.3 is 14.0 Å². The van der Waals surface area contributed by atoms with Crippen LogP contribution in [0.5, 0.6) is 0 Å². The van der Waals surface area contributed by atoms with Crippen LogP contribution < -0.4 is 5.43 Å². The Morgan fingerprint density at radius 2 is 2.30 bits per heavy atom. The molecule has 1 saturated heterocycles. The number of nitrogens with zero attached hydrogens (tertiary/aromatic N) is 2. The molecule has 2 rings (SSSR count). The van der Waals surface area contributed by atoms with Crippen molar-refractivity contribution in [2.75, 3.05) is 13.2 Å². The average Bonchev–Trinajstić information content (AvgIpc) is 2.43. The number of rotatable bonds is 5. The van der Waals surface area contributed by atoms with Crippen molar-refractivity contribution in [2.45, 2.75) is 32.1 Å². The first-order chi connectivity index (χ1) is 9.58. The van der Waals surface area contributed by atoms with Gasteiger partial charge >= 0.3 is 5.69 Å². The summed E-state index contributed by atoms with van der Waals surface area (Å²) in [6.45, 7) is 1.50. The molecule has 0 spiro atoms. The van der Waals surface area contributed by atoms with E-state index in [4.69, 9.17) is 9.47 Å². The Hall–Kier alpha value is -1.25. The van der Waals surface area contributed by atoms with Crippen LogP contribution in [-0.2, 0) is 16.0 Å². The molecule has 0 N–H and O–H groups in total. The molecule has 8 heteroatoms. The van der Waals surface area contributed by atoms with Crippen molar-refractivity contribution in [3.63, 3.8) is 0 Å². The quantitative estimate of drug-likeness (QED) is 0.601. The van der Waals surface area contributed by atoms with Gasteiger partial charge in [-0.25, -0.2) is 0 Å². The van der Waals surface area contributed by atoms with Crippen molar-refractivity contribution in [1.82, 2.24) is 4.57 Å². The lowest BCUT2D eigenvalue weighted by Gasteiger charge is -2.22. The minimum Gasteiger partial charge on any atom is -0.353 e. The van der Waals surface area contributed by atoms with Gasteiger partial charge in [0.1, 0.15) is 0 Å². The third-order valence-electron chi connectivity index (χ3n) is 3.00. The van der Waals surface area contributed by atoms with Gasteiger partial charge in [-0.05, 0) is 35.2 Å². The van der Waals surface area contributed by atoms with Crippen molar-refractivity contribution in [2.24, 2.45) is 0 Å². The summed E-state index contributed by atoms with van der Waals surface area (Å²) in [5, 5.41) is 10.8. The molecule has 1 fully saturated rings. The molecular weight excluding hydrogens is 332 g/mol. The summed E-state index contributed by atoms with van der Waals surface area (Å²) in [6, 6.07) is 0. The number of pyridine rings is 1. The van der Waals surface area contributed by atoms with E-state index in [0.717, 1.165) is 19.3 Å². The molecule has 0 amide bonds. The second-order valence-electron chi connectivity index (χ2n) is 4.48. The van der Waals surface area contributed by atoms with Crippen LogP contribution in [0.1, 0.15) is 19.3 Å². The molecule has 110 valence electrons. The minimum atomic E-state index is -0.686. The highest BCUT2D eigenvalue weighted by molar-refractivity contribution is 9.10. The molecule has 0 unspecified atom stereocenters. The van der Waals surface area contributed by atoms with Crippen LogP contribution in [0.15, 0.2) is 21.7 Å². The normalized spacial score (nSPS) is 18.9. The first-order valence-corrected chi connectivity index (χ1v) is 7.14. The molecule has 0 aromatic carbocycles. The summed E-state index contributed by atoms with van der Waals surface area (Å²) < 4.78 is 12.7. The first-order valence-electron chi connectivity index (χ1n) is 6.35. The van der Waals surface area contributed by atoms with Gasteiger partial charge in [0.05, 0.1) is 22.2 Å². The highest BCUT2D eigenvalue weighted by Crippen LogP contribution is 2.14. The number of halogens is 1. The lowest BCUT2D eigenvalue weighted by atomic mass is 10.2. The highest BCUT2D eigenvalue weighted by Gasteiger charge is 2.17. The Bertz CT molecular complexity index is 539. The van der Waals surface area contributed by atoms with Crippen LogP contribution in [0.25, 0.3) is 0 Å². The van der Waals surface area contributed by atoms with Crippen LogP contribution >= 0.6 is 15.9 Å². The average molecular weight is 347 g/mol. The van der Waals surface area contributed by atoms with E-state index in [1.807, 2.05) is 0 Å². The SMILES string of the molecule is O=c1c(Br)cn(CCO[C@H]2CCCCO2)cc1[N+](=O)[O-]. The van der Waals surface area contributed by atoms with Gasteiger partial charge in [0.25, 0.3) is 5.43 Å². The van der Waals surface area contributed by atoms with Crippen molar-refractivity contribution in [3.8, 4) is 0 Å². The summed E-state index contributed by atoms with van der Waals surface area (Å²) in [5.41, 5.74) is -1.07. The first kappa shape index (κ1) is 15.1. The summed E-state index contributed by atoms with van der Waals surface area (Å²) in [5.74, 6) is 0. The minimum absolute atomic E-state index is 0.167. The molecule has 1 atom stereocenters. The van der Waals surface area contributed by atoms with E-state index in [0.29, 0.717) is 19.8 Å². The maximum atomic E-state index is 11.5. The molecule has 2 heterocycles. The van der Waals surface area contributed by atoms with Crippen LogP contribution in [0, 0.1) is 10.1 Å². The van der Waals surface area contributed by atoms with E-state index in [1.165, 1.54) is 12.4 Å². The fraction of sp³-hybridized carbons (Fsp3) is 0.583. The lowest BCUT2D eigenvalue weighted by Crippen LogP contribution is -2.24. The number of hydrogen-bond acceptors (Lipinski definition) is 5. The Balaban J connectivity index is 1.95. The summed E-state index contributed by atoms with van der Waals surface area (Å²) in [7, 11) is 0. The third kappa shape index (κ3) is 3.87. The Morgan fingerprint density at radius 3 is 2.95 bits per heavy atom. The zero-order valence-electron chi connectivity index (χ0n) is 10.8. The monoisotopic (exact) mass is 346 g/mol. The predicted molar refractivity (Wildman–Crippen MR) is 74.6 cm³/mol. The van der Waals surface area contributed by atoms with E-state index in [2.05, 4.69) is 15.9 Å². The molecule has 1 aromatic rings. The van der Waals surface area contributed by atoms with Crippen molar-refractivity contribution >= 4 is 21.6 Å². The predicted octanol–water partition coefficient (Wildman–Crippen LogP) is 2.06. The van der Waals surface area contributed by atoms with Gasteiger partial charge in [-0.1, -0.05) is 0 Å². The third-order valence-corrected chi connectivity index (χ3v) is 3.57. The maximum absolute atomic E-state index is 11.5. The summed E-state index contributed by atoms with van der Waals surface area (Å²) >= 11 is 3.03. The van der Waals surface area contributed by atoms with E-state index in [9.17, 15) is 14.9 Å². The van der Waals surface area contributed by atoms with Crippen LogP contribution in [0.2, 0.25) is 0 Å². The van der Waals surface area contributed by atoms with Crippen molar-refractivity contribution in [1.29, 1.82) is 0 Å². The Morgan fingerprint density at radius 1 is 1.50 bits per heavy atom. The molecule has 1 aliphatic heterocycles. The number of ether oxygens (including phenoxy) is 2. The molecule has 1 aromatic heterocycles. The lowest BCUT2D eigenvalue weighted by molar-refractivity contribution is -0.386. The number of nitro groups is 1. The van der Waals surface area contributed by atoms with Crippen molar-refractivity contribution < 1.29 is 14.4 Å². The second-order valence-corrected chi connectivity index (χ2v) is 5.34. The zero-order valence-corrected chi connectivity index (χ0v) is 12.4. The molecular formula is C12H15BrN2O5. The Labute approximate surface area is 123 Å². The van der Waals surface area contributed by atoms with E-state index in [1.54, 1.807) is 4.57 Å². The van der Waals surface area contributed by atoms with Crippen molar-refractivity contribution in [3.05, 3.63) is 37.2 Å². The topological polar surface area (TPSA) is 83.6 Å². The molecule has 0 bridgehead atoms. The summed E-state index contributed by atoms with van der Waals surface area (Å²) in [6.07, 6.45) is 5.55. The van der Waals surface area contributed by atoms with E-state index >= 15 is 0 Å². The standard InChI is InChI=1S/C12H15BrN2O5/c13-9-7-14(8-10(12(9)16)15(17)18)4-6-20-11-3-1-2-5-19-11/h7-8,11H,1-6H2/t11-/m0/s1. The van der Waals surface area contributed by atoms with Gasteiger partial charge in [-0.3, -0.25) is 14.9 Å². The van der Waals surface area contributed by atoms with Crippen LogP contribution in [0.3, 0.4) is 0 Å². The fourth-order valence-corrected chi connectivity index (χ4v) is 2.44. The van der Waals surface area contributed by atoms with Gasteiger partial charge in [-0.15, -0.1) is 0 Å². The van der Waals surface area contributed by atoms with Crippen LogP contribution in [0.4, 0.5) is 5.69 Å². The molecule has 7 nitrogen and oxygen atoms in total. The molecule has 0 radical (unpaired) electrons. The number of hydrogen-bond donors (Lipinski definition) is 0. The zero-order chi connectivity index (χ0) is 14.5. The smallest absolute Gasteiger partial charge is 0.333 e. The van der Waals surface area contributed by atoms with Gasteiger partial charge in [0, 0.05) is 19.3 Å². The largest absolute Gasteiger partial charge is 0.353 e. The van der Waals surface area contributed by atoms with Crippen LogP contribution in [-0.4, -0.2) is 29.0 Å². The van der Waals surface area contributed by atoms with E-state index < -0.39 is 16.0 Å². The van der Waals surface area contributed by atoms with E-state index in [-0.39, 0.29) is 10.8 Å². The van der Waals surface area contributed by atoms with Gasteiger partial charge in [0.2, 0.25) is 0 Å². The summed E-state index contributed by atoms with van der Waals surface area (Å²) in [4.78, 5) is 21.6. The highest BCUT2D eigenvalue weighted by atomic mass is 79.9. The van der Waals surface area contributed by atoms with Gasteiger partial charge in [0.15, 0.2) is 6.29 Å². The van der Waals surface area contributed by atoms with Gasteiger partial charge in [-0.2, -0.15) is 0 Å². The molecule has 0 aliphatic carbocycles. The second kappa shape index (κ2) is 6.96. The molecule has 1 aliphatic rings. The Kier molecular flexibility index (Phi) is 5.27. The molecule has 20 heavy (non-hydrogen) atoms. The molecule has 0 saturated carbocycles.